The largest absolute Gasteiger partial charge is 1.00 e. The number of anilines is 2. The van der Waals surface area contributed by atoms with Gasteiger partial charge in [0.2, 0.25) is 0 Å². The molecule has 0 radical (unpaired) electrons. The van der Waals surface area contributed by atoms with Crippen molar-refractivity contribution < 1.29 is 33.3 Å². The van der Waals surface area contributed by atoms with E-state index in [-0.39, 0.29) is 53.0 Å². The molecule has 0 aliphatic heterocycles. The van der Waals surface area contributed by atoms with Crippen LogP contribution < -0.4 is 45.3 Å². The minimum Gasteiger partial charge on any atom is -1.00 e. The van der Waals surface area contributed by atoms with E-state index in [1.165, 1.54) is 0 Å². The zero-order valence-electron chi connectivity index (χ0n) is 14.6. The third-order valence-electron chi connectivity index (χ3n) is 4.14. The van der Waals surface area contributed by atoms with E-state index in [1.54, 1.807) is 0 Å². The Morgan fingerprint density at radius 3 is 2.70 bits per heavy atom. The van der Waals surface area contributed by atoms with Gasteiger partial charge in [-0.2, -0.15) is 0 Å². The van der Waals surface area contributed by atoms with Gasteiger partial charge < -0.3 is 40.8 Å². The summed E-state index contributed by atoms with van der Waals surface area (Å²) in [5.74, 6) is 0.385. The number of hydrogen-bond donors (Lipinski definition) is 3. The lowest BCUT2D eigenvalue weighted by Gasteiger charge is -2.07. The monoisotopic (exact) mass is 565 g/mol. The van der Waals surface area contributed by atoms with Gasteiger partial charge in [-0.1, -0.05) is 17.7 Å². The zero-order valence-corrected chi connectivity index (χ0v) is 19.1. The molecule has 0 fully saturated rings. The van der Waals surface area contributed by atoms with Crippen LogP contribution in [0, 0.1) is 0 Å². The zero-order chi connectivity index (χ0) is 19.0. The fraction of sp³-hybridized carbons (Fsp3) is 0.250. The lowest BCUT2D eigenvalue weighted by molar-refractivity contribution is -0.654. The number of aryl methyl sites for hydroxylation is 2. The van der Waals surface area contributed by atoms with Crippen LogP contribution >= 0.6 is 27.5 Å². The summed E-state index contributed by atoms with van der Waals surface area (Å²) in [5, 5.41) is 2.77. The van der Waals surface area contributed by atoms with Crippen molar-refractivity contribution in [2.24, 2.45) is 7.05 Å². The Kier molecular flexibility index (Phi) is 6.87. The van der Waals surface area contributed by atoms with Gasteiger partial charge in [-0.25, -0.2) is 19.1 Å². The molecule has 1 aromatic carbocycles. The number of carbonyl (C=O) groups is 1. The molecule has 2 aromatic heterocycles. The maximum Gasteiger partial charge on any atom is 0.276 e. The van der Waals surface area contributed by atoms with Crippen LogP contribution in [-0.2, 0) is 20.1 Å². The van der Waals surface area contributed by atoms with Gasteiger partial charge in [-0.05, 0) is 35.0 Å². The molecule has 0 saturated carbocycles. The Morgan fingerprint density at radius 2 is 2.04 bits per heavy atom. The Balaban J connectivity index is 0.00000261. The van der Waals surface area contributed by atoms with Crippen molar-refractivity contribution in [2.45, 2.75) is 20.0 Å². The average Bonchev–Trinajstić information content (AvgIpc) is 2.89. The Bertz CT molecular complexity index is 1020. The minimum atomic E-state index is -0.469. The molecular weight excluding hydrogens is 548 g/mol. The Morgan fingerprint density at radius 1 is 1.33 bits per heavy atom. The number of imidazole rings is 1. The summed E-state index contributed by atoms with van der Waals surface area (Å²) < 4.78 is 5.16. The molecular formula is C16H18BrClIN7O. The highest BCUT2D eigenvalue weighted by atomic mass is 127. The topological polar surface area (TPSA) is 116 Å². The van der Waals surface area contributed by atoms with Crippen LogP contribution in [0.3, 0.4) is 0 Å². The molecule has 0 atom stereocenters. The molecule has 11 heteroatoms. The van der Waals surface area contributed by atoms with Crippen LogP contribution in [0.4, 0.5) is 11.6 Å². The third-order valence-corrected chi connectivity index (χ3v) is 5.06. The number of rotatable bonds is 4. The number of halogens is 3. The highest BCUT2D eigenvalue weighted by Gasteiger charge is 2.25. The number of amides is 1. The fourth-order valence-electron chi connectivity index (χ4n) is 2.90. The molecule has 0 aliphatic carbocycles. The molecule has 3 rings (SSSR count). The Hall–Kier alpha value is -1.66. The second-order valence-electron chi connectivity index (χ2n) is 5.64. The van der Waals surface area contributed by atoms with Crippen LogP contribution in [0.5, 0.6) is 0 Å². The summed E-state index contributed by atoms with van der Waals surface area (Å²) in [4.78, 5) is 20.2. The highest BCUT2D eigenvalue weighted by Crippen LogP contribution is 2.24. The van der Waals surface area contributed by atoms with Crippen molar-refractivity contribution in [2.75, 3.05) is 11.5 Å². The average molecular weight is 567 g/mol. The number of hydrogen-bond acceptors (Lipinski definition) is 5. The number of benzene rings is 1. The van der Waals surface area contributed by atoms with Gasteiger partial charge >= 0.3 is 0 Å². The van der Waals surface area contributed by atoms with Crippen molar-refractivity contribution in [1.29, 1.82) is 0 Å². The molecule has 5 N–H and O–H groups in total. The number of fused-ring (bicyclic) bond motifs is 1. The van der Waals surface area contributed by atoms with Crippen LogP contribution in [-0.4, -0.2) is 20.4 Å². The number of nitrogen functional groups attached to an aromatic ring is 2. The maximum atomic E-state index is 12.5. The lowest BCUT2D eigenvalue weighted by atomic mass is 10.3. The summed E-state index contributed by atoms with van der Waals surface area (Å²) >= 11 is 9.44. The predicted octanol–water partition coefficient (Wildman–Crippen LogP) is -1.21. The first-order valence-electron chi connectivity index (χ1n) is 7.87. The van der Waals surface area contributed by atoms with Crippen molar-refractivity contribution in [1.82, 2.24) is 19.9 Å². The van der Waals surface area contributed by atoms with E-state index in [0.29, 0.717) is 0 Å². The molecule has 0 bridgehead atoms. The first-order chi connectivity index (χ1) is 12.3. The van der Waals surface area contributed by atoms with Crippen LogP contribution in [0.25, 0.3) is 11.0 Å². The van der Waals surface area contributed by atoms with E-state index in [4.69, 9.17) is 23.1 Å². The number of para-hydroxylation sites is 1. The molecule has 2 heterocycles. The normalized spacial score (nSPS) is 10.7. The molecule has 8 nitrogen and oxygen atoms in total. The molecule has 0 unspecified atom stereocenters. The van der Waals surface area contributed by atoms with Crippen LogP contribution in [0.2, 0.25) is 5.15 Å². The second-order valence-corrected chi connectivity index (χ2v) is 6.86. The number of nitrogens with two attached hydrogens (primary N) is 2. The molecule has 27 heavy (non-hydrogen) atoms. The van der Waals surface area contributed by atoms with Gasteiger partial charge in [0.1, 0.15) is 6.54 Å². The molecule has 1 amide bonds. The first kappa shape index (κ1) is 21.6. The first-order valence-corrected chi connectivity index (χ1v) is 9.04. The summed E-state index contributed by atoms with van der Waals surface area (Å²) in [5.41, 5.74) is 13.4. The molecule has 0 spiro atoms. The number of nitrogens with one attached hydrogen (secondary N) is 1. The smallest absolute Gasteiger partial charge is 0.276 e. The van der Waals surface area contributed by atoms with Gasteiger partial charge in [-0.15, -0.1) is 0 Å². The van der Waals surface area contributed by atoms with Crippen LogP contribution in [0.1, 0.15) is 23.2 Å². The van der Waals surface area contributed by atoms with Gasteiger partial charge in [-0.3, -0.25) is 4.79 Å². The van der Waals surface area contributed by atoms with Gasteiger partial charge in [0.05, 0.1) is 18.1 Å². The van der Waals surface area contributed by atoms with E-state index in [9.17, 15) is 4.79 Å². The van der Waals surface area contributed by atoms with Gasteiger partial charge in [0.25, 0.3) is 11.7 Å². The van der Waals surface area contributed by atoms with Gasteiger partial charge in [0, 0.05) is 0 Å². The molecule has 144 valence electrons. The molecule has 0 aliphatic rings. The Labute approximate surface area is 186 Å². The highest BCUT2D eigenvalue weighted by molar-refractivity contribution is 9.10. The number of carbonyl (C=O) groups excluding carboxylic acids is 1. The summed E-state index contributed by atoms with van der Waals surface area (Å²) in [6.07, 6.45) is 0. The molecule has 0 saturated heterocycles. The predicted molar refractivity (Wildman–Crippen MR) is 104 cm³/mol. The number of nitrogens with zero attached hydrogens (tertiary/aromatic N) is 4. The van der Waals surface area contributed by atoms with Crippen molar-refractivity contribution in [3.05, 3.63) is 39.3 Å². The van der Waals surface area contributed by atoms with Gasteiger partial charge in [0.15, 0.2) is 33.5 Å². The quantitative estimate of drug-likeness (QED) is 0.271. The van der Waals surface area contributed by atoms with Crippen molar-refractivity contribution >= 4 is 56.1 Å². The SMILES string of the molecule is CCn1c(CNC(=O)c2nc(Cl)c(N)nc2N)[n+](C)c2cccc(Br)c21.[I-]. The summed E-state index contributed by atoms with van der Waals surface area (Å²) in [7, 11) is 1.96. The lowest BCUT2D eigenvalue weighted by Crippen LogP contribution is -3.00. The van der Waals surface area contributed by atoms with E-state index in [2.05, 4.69) is 35.8 Å². The van der Waals surface area contributed by atoms with Crippen molar-refractivity contribution in [3.8, 4) is 0 Å². The molecule has 3 aromatic rings. The van der Waals surface area contributed by atoms with E-state index in [0.717, 1.165) is 27.9 Å². The maximum absolute atomic E-state index is 12.5. The standard InChI is InChI=1S/C16H17BrClN7O.HI/c1-3-25-10(24(2)9-6-4-5-8(17)12(9)25)7-21-16(26)11-14(19)23-15(20)13(18)22-11;/h4-6H,3,7H2,1-2H3,(H4-,19,20,21,23,26);1H. The summed E-state index contributed by atoms with van der Waals surface area (Å²) in [6, 6.07) is 5.99. The van der Waals surface area contributed by atoms with Crippen molar-refractivity contribution in [3.63, 3.8) is 0 Å². The minimum absolute atomic E-state index is 0. The third kappa shape index (κ3) is 3.97. The number of aromatic nitrogens is 4. The van der Waals surface area contributed by atoms with E-state index in [1.807, 2.05) is 36.7 Å². The fourth-order valence-corrected chi connectivity index (χ4v) is 3.59. The summed E-state index contributed by atoms with van der Waals surface area (Å²) in [6.45, 7) is 3.08. The van der Waals surface area contributed by atoms with Crippen LogP contribution in [0.15, 0.2) is 22.7 Å². The van der Waals surface area contributed by atoms with E-state index >= 15 is 0 Å². The second kappa shape index (κ2) is 8.57. The van der Waals surface area contributed by atoms with E-state index < -0.39 is 5.91 Å².